The van der Waals surface area contributed by atoms with Gasteiger partial charge in [0.1, 0.15) is 0 Å². The zero-order valence-corrected chi connectivity index (χ0v) is 17.4. The summed E-state index contributed by atoms with van der Waals surface area (Å²) in [5.41, 5.74) is 1.17. The molecule has 1 aliphatic carbocycles. The summed E-state index contributed by atoms with van der Waals surface area (Å²) in [5.74, 6) is -1.13. The molecule has 0 radical (unpaired) electrons. The van der Waals surface area contributed by atoms with E-state index in [0.29, 0.717) is 11.4 Å². The molecule has 6 nitrogen and oxygen atoms in total. The predicted octanol–water partition coefficient (Wildman–Crippen LogP) is 4.73. The minimum Gasteiger partial charge on any atom is -0.481 e. The summed E-state index contributed by atoms with van der Waals surface area (Å²) in [4.78, 5) is 36.2. The summed E-state index contributed by atoms with van der Waals surface area (Å²) in [6.45, 7) is 7.40. The van der Waals surface area contributed by atoms with Gasteiger partial charge in [0, 0.05) is 23.2 Å². The maximum Gasteiger partial charge on any atom is 0.303 e. The molecule has 3 N–H and O–H groups in total. The maximum atomic E-state index is 12.7. The molecule has 0 aromatic heterocycles. The van der Waals surface area contributed by atoms with E-state index in [4.69, 9.17) is 0 Å². The fourth-order valence-corrected chi connectivity index (χ4v) is 3.73. The summed E-state index contributed by atoms with van der Waals surface area (Å²) in [7, 11) is 0. The fraction of sp³-hybridized carbons (Fsp3) is 0.591. The van der Waals surface area contributed by atoms with Crippen LogP contribution in [-0.2, 0) is 14.4 Å². The van der Waals surface area contributed by atoms with Gasteiger partial charge in [-0.25, -0.2) is 0 Å². The summed E-state index contributed by atoms with van der Waals surface area (Å²) in [6.07, 6.45) is 4.80. The van der Waals surface area contributed by atoms with Crippen molar-refractivity contribution in [2.75, 3.05) is 10.6 Å². The Morgan fingerprint density at radius 1 is 1.04 bits per heavy atom. The molecule has 1 aromatic carbocycles. The topological polar surface area (TPSA) is 95.5 Å². The third-order valence-corrected chi connectivity index (χ3v) is 5.43. The van der Waals surface area contributed by atoms with Crippen molar-refractivity contribution in [1.82, 2.24) is 0 Å². The Bertz CT molecular complexity index is 743. The summed E-state index contributed by atoms with van der Waals surface area (Å²) in [6, 6.07) is 5.41. The fourth-order valence-electron chi connectivity index (χ4n) is 3.73. The molecule has 0 heterocycles. The van der Waals surface area contributed by atoms with Crippen LogP contribution in [0, 0.1) is 17.8 Å². The Morgan fingerprint density at radius 2 is 1.68 bits per heavy atom. The number of carboxylic acids is 1. The van der Waals surface area contributed by atoms with Crippen molar-refractivity contribution < 1.29 is 19.5 Å². The van der Waals surface area contributed by atoms with Crippen LogP contribution < -0.4 is 10.6 Å². The monoisotopic (exact) mass is 388 g/mol. The van der Waals surface area contributed by atoms with Gasteiger partial charge in [-0.05, 0) is 42.9 Å². The van der Waals surface area contributed by atoms with Crippen molar-refractivity contribution in [2.45, 2.75) is 72.6 Å². The number of hydrogen-bond donors (Lipinski definition) is 3. The first-order chi connectivity index (χ1) is 13.0. The van der Waals surface area contributed by atoms with E-state index < -0.39 is 16.8 Å². The third-order valence-electron chi connectivity index (χ3n) is 5.43. The van der Waals surface area contributed by atoms with E-state index in [2.05, 4.69) is 10.6 Å². The van der Waals surface area contributed by atoms with Gasteiger partial charge in [0.25, 0.3) is 0 Å². The Balaban J connectivity index is 2.11. The average molecular weight is 389 g/mol. The highest BCUT2D eigenvalue weighted by molar-refractivity contribution is 5.97. The second-order valence-electron chi connectivity index (χ2n) is 9.09. The van der Waals surface area contributed by atoms with Crippen LogP contribution in [0.3, 0.4) is 0 Å². The van der Waals surface area contributed by atoms with E-state index in [1.807, 2.05) is 39.8 Å². The number of carbonyl (C=O) groups is 3. The van der Waals surface area contributed by atoms with E-state index in [-0.39, 0.29) is 24.7 Å². The highest BCUT2D eigenvalue weighted by atomic mass is 16.4. The number of nitrogens with one attached hydrogen (secondary N) is 2. The molecule has 0 aliphatic heterocycles. The normalized spacial score (nSPS) is 16.3. The first kappa shape index (κ1) is 21.9. The largest absolute Gasteiger partial charge is 0.481 e. The molecule has 28 heavy (non-hydrogen) atoms. The summed E-state index contributed by atoms with van der Waals surface area (Å²) < 4.78 is 0. The van der Waals surface area contributed by atoms with Crippen molar-refractivity contribution in [3.63, 3.8) is 0 Å². The van der Waals surface area contributed by atoms with Crippen LogP contribution in [0.2, 0.25) is 0 Å². The third kappa shape index (κ3) is 6.08. The number of aryl methyl sites for hydroxylation is 1. The number of amides is 2. The van der Waals surface area contributed by atoms with E-state index in [1.165, 1.54) is 0 Å². The average Bonchev–Trinajstić information content (AvgIpc) is 2.56. The van der Waals surface area contributed by atoms with Gasteiger partial charge in [-0.3, -0.25) is 14.4 Å². The van der Waals surface area contributed by atoms with Crippen LogP contribution >= 0.6 is 0 Å². The van der Waals surface area contributed by atoms with Gasteiger partial charge < -0.3 is 15.7 Å². The van der Waals surface area contributed by atoms with Crippen LogP contribution in [-0.4, -0.2) is 22.9 Å². The quantitative estimate of drug-likeness (QED) is 0.656. The highest BCUT2D eigenvalue weighted by Crippen LogP contribution is 2.42. The lowest BCUT2D eigenvalue weighted by atomic mass is 9.69. The number of carbonyl (C=O) groups excluding carboxylic acids is 2. The molecule has 2 amide bonds. The Kier molecular flexibility index (Phi) is 6.86. The molecule has 1 saturated carbocycles. The molecule has 0 saturated heterocycles. The number of benzene rings is 1. The first-order valence-electron chi connectivity index (χ1n) is 9.95. The number of rotatable bonds is 6. The lowest BCUT2D eigenvalue weighted by Gasteiger charge is -2.35. The van der Waals surface area contributed by atoms with Crippen molar-refractivity contribution in [1.29, 1.82) is 0 Å². The molecule has 0 bridgehead atoms. The molecule has 1 aliphatic rings. The smallest absolute Gasteiger partial charge is 0.303 e. The lowest BCUT2D eigenvalue weighted by molar-refractivity contribution is -0.141. The van der Waals surface area contributed by atoms with Crippen molar-refractivity contribution >= 4 is 29.2 Å². The van der Waals surface area contributed by atoms with Crippen LogP contribution in [0.15, 0.2) is 18.2 Å². The van der Waals surface area contributed by atoms with E-state index in [1.54, 1.807) is 6.07 Å². The van der Waals surface area contributed by atoms with E-state index in [0.717, 1.165) is 37.7 Å². The molecule has 0 unspecified atom stereocenters. The van der Waals surface area contributed by atoms with Crippen molar-refractivity contribution in [2.24, 2.45) is 10.8 Å². The van der Waals surface area contributed by atoms with Crippen LogP contribution in [0.25, 0.3) is 0 Å². The molecule has 1 fully saturated rings. The van der Waals surface area contributed by atoms with Gasteiger partial charge in [-0.1, -0.05) is 46.1 Å². The molecule has 0 spiro atoms. The molecule has 2 rings (SSSR count). The van der Waals surface area contributed by atoms with Crippen molar-refractivity contribution in [3.8, 4) is 0 Å². The van der Waals surface area contributed by atoms with Crippen LogP contribution in [0.5, 0.6) is 0 Å². The first-order valence-corrected chi connectivity index (χ1v) is 9.95. The minimum atomic E-state index is -0.849. The SMILES string of the molecule is Cc1ccc(NC(=O)C(C)(C)C)cc1NC(=O)CC1(CC(=O)O)CCCCC1. The van der Waals surface area contributed by atoms with Gasteiger partial charge >= 0.3 is 5.97 Å². The van der Waals surface area contributed by atoms with Gasteiger partial charge in [0.05, 0.1) is 6.42 Å². The highest BCUT2D eigenvalue weighted by Gasteiger charge is 2.36. The molecular weight excluding hydrogens is 356 g/mol. The lowest BCUT2D eigenvalue weighted by Crippen LogP contribution is -2.32. The second kappa shape index (κ2) is 8.76. The molecule has 0 atom stereocenters. The Labute approximate surface area is 167 Å². The summed E-state index contributed by atoms with van der Waals surface area (Å²) >= 11 is 0. The van der Waals surface area contributed by atoms with Crippen LogP contribution in [0.4, 0.5) is 11.4 Å². The molecule has 6 heteroatoms. The van der Waals surface area contributed by atoms with Crippen LogP contribution in [0.1, 0.15) is 71.3 Å². The Morgan fingerprint density at radius 3 is 2.25 bits per heavy atom. The second-order valence-corrected chi connectivity index (χ2v) is 9.09. The van der Waals surface area contributed by atoms with E-state index >= 15 is 0 Å². The number of anilines is 2. The molecule has 1 aromatic rings. The van der Waals surface area contributed by atoms with E-state index in [9.17, 15) is 19.5 Å². The Hall–Kier alpha value is -2.37. The van der Waals surface area contributed by atoms with Gasteiger partial charge in [-0.2, -0.15) is 0 Å². The van der Waals surface area contributed by atoms with Gasteiger partial charge in [-0.15, -0.1) is 0 Å². The zero-order valence-electron chi connectivity index (χ0n) is 17.4. The zero-order chi connectivity index (χ0) is 20.9. The number of carboxylic acid groups (broad SMARTS) is 1. The van der Waals surface area contributed by atoms with Gasteiger partial charge in [0.2, 0.25) is 11.8 Å². The predicted molar refractivity (Wildman–Crippen MR) is 110 cm³/mol. The number of aliphatic carboxylic acids is 1. The molecule has 154 valence electrons. The van der Waals surface area contributed by atoms with Crippen molar-refractivity contribution in [3.05, 3.63) is 23.8 Å². The minimum absolute atomic E-state index is 0.0289. The maximum absolute atomic E-state index is 12.7. The summed E-state index contributed by atoms with van der Waals surface area (Å²) in [5, 5.41) is 15.1. The molecular formula is C22H32N2O4. The standard InChI is InChI=1S/C22H32N2O4/c1-15-8-9-16(23-20(28)21(2,3)4)12-17(15)24-18(25)13-22(14-19(26)27)10-6-5-7-11-22/h8-9,12H,5-7,10-11,13-14H2,1-4H3,(H,23,28)(H,24,25)(H,26,27). The van der Waals surface area contributed by atoms with Gasteiger partial charge in [0.15, 0.2) is 0 Å². The number of hydrogen-bond acceptors (Lipinski definition) is 3.